The SMILES string of the molecule is CNS(=O)(=O)CCNC(=O)c1cc([N+](=O)[O-])cc(Cl)c1Cl. The van der Waals surface area contributed by atoms with Crippen molar-refractivity contribution >= 4 is 44.8 Å². The minimum Gasteiger partial charge on any atom is -0.351 e. The molecule has 0 atom stereocenters. The number of nitro benzene ring substituents is 1. The first-order valence-electron chi connectivity index (χ1n) is 5.51. The lowest BCUT2D eigenvalue weighted by molar-refractivity contribution is -0.384. The largest absolute Gasteiger partial charge is 0.351 e. The van der Waals surface area contributed by atoms with Crippen LogP contribution in [-0.4, -0.2) is 38.6 Å². The van der Waals surface area contributed by atoms with Gasteiger partial charge in [-0.1, -0.05) is 23.2 Å². The molecular weight excluding hydrogens is 345 g/mol. The smallest absolute Gasteiger partial charge is 0.271 e. The van der Waals surface area contributed by atoms with Crippen molar-refractivity contribution in [2.45, 2.75) is 0 Å². The summed E-state index contributed by atoms with van der Waals surface area (Å²) in [6, 6.07) is 1.99. The molecule has 0 unspecified atom stereocenters. The van der Waals surface area contributed by atoms with Gasteiger partial charge < -0.3 is 5.32 Å². The van der Waals surface area contributed by atoms with Gasteiger partial charge in [0.2, 0.25) is 10.0 Å². The Labute approximate surface area is 130 Å². The molecule has 0 aromatic heterocycles. The predicted molar refractivity (Wildman–Crippen MR) is 78.3 cm³/mol. The highest BCUT2D eigenvalue weighted by atomic mass is 35.5. The fourth-order valence-corrected chi connectivity index (χ4v) is 2.33. The second-order valence-electron chi connectivity index (χ2n) is 3.83. The number of nitrogens with zero attached hydrogens (tertiary/aromatic N) is 1. The maximum absolute atomic E-state index is 11.9. The van der Waals surface area contributed by atoms with Gasteiger partial charge in [0.25, 0.3) is 11.6 Å². The number of halogens is 2. The molecule has 8 nitrogen and oxygen atoms in total. The molecular formula is C10H11Cl2N3O5S. The fraction of sp³-hybridized carbons (Fsp3) is 0.300. The topological polar surface area (TPSA) is 118 Å². The van der Waals surface area contributed by atoms with E-state index in [4.69, 9.17) is 23.2 Å². The molecule has 0 aliphatic heterocycles. The molecule has 1 amide bonds. The zero-order valence-corrected chi connectivity index (χ0v) is 13.0. The van der Waals surface area contributed by atoms with Crippen molar-refractivity contribution in [2.24, 2.45) is 0 Å². The van der Waals surface area contributed by atoms with E-state index >= 15 is 0 Å². The molecule has 0 saturated carbocycles. The minimum absolute atomic E-state index is 0.140. The number of sulfonamides is 1. The summed E-state index contributed by atoms with van der Waals surface area (Å²) in [4.78, 5) is 21.9. The number of carbonyl (C=O) groups is 1. The van der Waals surface area contributed by atoms with Gasteiger partial charge in [0, 0.05) is 18.7 Å². The molecule has 0 fully saturated rings. The van der Waals surface area contributed by atoms with Gasteiger partial charge in [-0.3, -0.25) is 14.9 Å². The van der Waals surface area contributed by atoms with Crippen LogP contribution >= 0.6 is 23.2 Å². The standard InChI is InChI=1S/C10H11Cl2N3O5S/c1-13-21(19,20)3-2-14-10(16)7-4-6(15(17)18)5-8(11)9(7)12/h4-5,13H,2-3H2,1H3,(H,14,16). The van der Waals surface area contributed by atoms with Gasteiger partial charge in [0.15, 0.2) is 0 Å². The molecule has 0 aliphatic carbocycles. The van der Waals surface area contributed by atoms with E-state index in [2.05, 4.69) is 10.0 Å². The van der Waals surface area contributed by atoms with Gasteiger partial charge in [-0.2, -0.15) is 0 Å². The van der Waals surface area contributed by atoms with Crippen molar-refractivity contribution in [3.05, 3.63) is 37.9 Å². The monoisotopic (exact) mass is 355 g/mol. The first-order valence-corrected chi connectivity index (χ1v) is 7.91. The molecule has 0 spiro atoms. The van der Waals surface area contributed by atoms with Gasteiger partial charge >= 0.3 is 0 Å². The van der Waals surface area contributed by atoms with Crippen molar-refractivity contribution in [3.8, 4) is 0 Å². The molecule has 0 heterocycles. The zero-order valence-electron chi connectivity index (χ0n) is 10.7. The summed E-state index contributed by atoms with van der Waals surface area (Å²) >= 11 is 11.5. The average molecular weight is 356 g/mol. The van der Waals surface area contributed by atoms with E-state index in [0.29, 0.717) is 0 Å². The highest BCUT2D eigenvalue weighted by Gasteiger charge is 2.19. The molecule has 11 heteroatoms. The quantitative estimate of drug-likeness (QED) is 0.586. The number of rotatable bonds is 6. The number of hydrogen-bond donors (Lipinski definition) is 2. The van der Waals surface area contributed by atoms with Crippen LogP contribution in [-0.2, 0) is 10.0 Å². The number of nitro groups is 1. The molecule has 1 rings (SSSR count). The van der Waals surface area contributed by atoms with E-state index in [0.717, 1.165) is 12.1 Å². The van der Waals surface area contributed by atoms with E-state index in [1.807, 2.05) is 0 Å². The van der Waals surface area contributed by atoms with E-state index < -0.39 is 26.5 Å². The summed E-state index contributed by atoms with van der Waals surface area (Å²) in [5.41, 5.74) is -0.588. The maximum atomic E-state index is 11.9. The third-order valence-corrected chi connectivity index (χ3v) is 4.60. The Bertz CT molecular complexity index is 678. The summed E-state index contributed by atoms with van der Waals surface area (Å²) in [5.74, 6) is -1.09. The number of amides is 1. The van der Waals surface area contributed by atoms with Crippen molar-refractivity contribution in [1.82, 2.24) is 10.0 Å². The van der Waals surface area contributed by atoms with Crippen molar-refractivity contribution < 1.29 is 18.1 Å². The molecule has 0 radical (unpaired) electrons. The van der Waals surface area contributed by atoms with Crippen LogP contribution in [0.4, 0.5) is 5.69 Å². The predicted octanol–water partition coefficient (Wildman–Crippen LogP) is 1.18. The summed E-state index contributed by atoms with van der Waals surface area (Å²) < 4.78 is 24.4. The van der Waals surface area contributed by atoms with Gasteiger partial charge in [0.05, 0.1) is 26.3 Å². The highest BCUT2D eigenvalue weighted by molar-refractivity contribution is 7.89. The number of non-ortho nitro benzene ring substituents is 1. The molecule has 0 saturated heterocycles. The Kier molecular flexibility index (Phi) is 5.90. The van der Waals surface area contributed by atoms with Gasteiger partial charge in [-0.05, 0) is 7.05 Å². The maximum Gasteiger partial charge on any atom is 0.271 e. The summed E-state index contributed by atoms with van der Waals surface area (Å²) in [5, 5.41) is 12.7. The van der Waals surface area contributed by atoms with Gasteiger partial charge in [-0.15, -0.1) is 0 Å². The number of carbonyl (C=O) groups excluding carboxylic acids is 1. The van der Waals surface area contributed by atoms with Crippen LogP contribution in [0.15, 0.2) is 12.1 Å². The van der Waals surface area contributed by atoms with E-state index in [1.165, 1.54) is 7.05 Å². The van der Waals surface area contributed by atoms with Crippen molar-refractivity contribution in [1.29, 1.82) is 0 Å². The minimum atomic E-state index is -3.47. The second-order valence-corrected chi connectivity index (χ2v) is 6.66. The first kappa shape index (κ1) is 17.6. The van der Waals surface area contributed by atoms with E-state index in [9.17, 15) is 23.3 Å². The first-order chi connectivity index (χ1) is 9.68. The molecule has 2 N–H and O–H groups in total. The van der Waals surface area contributed by atoms with Crippen LogP contribution in [0.3, 0.4) is 0 Å². The molecule has 0 bridgehead atoms. The van der Waals surface area contributed by atoms with Crippen molar-refractivity contribution in [3.63, 3.8) is 0 Å². The molecule has 1 aromatic carbocycles. The third kappa shape index (κ3) is 4.81. The van der Waals surface area contributed by atoms with Crippen LogP contribution < -0.4 is 10.0 Å². The lowest BCUT2D eigenvalue weighted by Crippen LogP contribution is -2.33. The van der Waals surface area contributed by atoms with Crippen molar-refractivity contribution in [2.75, 3.05) is 19.3 Å². The Morgan fingerprint density at radius 3 is 2.52 bits per heavy atom. The number of nitrogens with one attached hydrogen (secondary N) is 2. The van der Waals surface area contributed by atoms with Crippen LogP contribution in [0, 0.1) is 10.1 Å². The lowest BCUT2D eigenvalue weighted by atomic mass is 10.2. The molecule has 116 valence electrons. The van der Waals surface area contributed by atoms with E-state index in [1.54, 1.807) is 0 Å². The fourth-order valence-electron chi connectivity index (χ4n) is 1.34. The normalized spacial score (nSPS) is 11.2. The van der Waals surface area contributed by atoms with Crippen LogP contribution in [0.1, 0.15) is 10.4 Å². The molecule has 1 aromatic rings. The number of hydrogen-bond acceptors (Lipinski definition) is 5. The summed E-state index contributed by atoms with van der Waals surface area (Å²) in [7, 11) is -2.22. The molecule has 21 heavy (non-hydrogen) atoms. The Morgan fingerprint density at radius 2 is 2.00 bits per heavy atom. The van der Waals surface area contributed by atoms with Gasteiger partial charge in [0.1, 0.15) is 0 Å². The van der Waals surface area contributed by atoms with Gasteiger partial charge in [-0.25, -0.2) is 13.1 Å². The Balaban J connectivity index is 2.90. The zero-order chi connectivity index (χ0) is 16.2. The highest BCUT2D eigenvalue weighted by Crippen LogP contribution is 2.30. The van der Waals surface area contributed by atoms with E-state index in [-0.39, 0.29) is 27.9 Å². The average Bonchev–Trinajstić information content (AvgIpc) is 2.41. The van der Waals surface area contributed by atoms with Crippen LogP contribution in [0.25, 0.3) is 0 Å². The van der Waals surface area contributed by atoms with Crippen LogP contribution in [0.5, 0.6) is 0 Å². The molecule has 0 aliphatic rings. The third-order valence-electron chi connectivity index (χ3n) is 2.44. The number of benzene rings is 1. The Morgan fingerprint density at radius 1 is 1.38 bits per heavy atom. The second kappa shape index (κ2) is 7.03. The lowest BCUT2D eigenvalue weighted by Gasteiger charge is -2.08. The summed E-state index contributed by atoms with van der Waals surface area (Å²) in [6.07, 6.45) is 0. The van der Waals surface area contributed by atoms with Crippen LogP contribution in [0.2, 0.25) is 10.0 Å². The Hall–Kier alpha value is -1.42. The summed E-state index contributed by atoms with van der Waals surface area (Å²) in [6.45, 7) is -0.182.